The molecule has 1 amide bonds. The Morgan fingerprint density at radius 3 is 2.68 bits per heavy atom. The van der Waals surface area contributed by atoms with Gasteiger partial charge in [-0.3, -0.25) is 4.79 Å². The number of aromatic nitrogens is 1. The molecule has 1 heterocycles. The molecule has 0 aliphatic rings. The van der Waals surface area contributed by atoms with Crippen LogP contribution < -0.4 is 9.99 Å². The molecule has 0 radical (unpaired) electrons. The second-order valence-electron chi connectivity index (χ2n) is 3.90. The van der Waals surface area contributed by atoms with Gasteiger partial charge in [-0.05, 0) is 12.1 Å². The Hall–Kier alpha value is -2.69. The highest BCUT2D eigenvalue weighted by molar-refractivity contribution is 5.84. The minimum Gasteiger partial charge on any atom is -0.507 e. The minimum absolute atomic E-state index is 0.123. The minimum atomic E-state index is -0.233. The van der Waals surface area contributed by atoms with Gasteiger partial charge in [-0.2, -0.15) is 9.67 Å². The summed E-state index contributed by atoms with van der Waals surface area (Å²) in [6.07, 6.45) is 5.00. The van der Waals surface area contributed by atoms with Crippen LogP contribution >= 0.6 is 0 Å². The van der Waals surface area contributed by atoms with Gasteiger partial charge in [-0.25, -0.2) is 5.43 Å². The number of carbonyl (C=O) groups is 1. The van der Waals surface area contributed by atoms with Gasteiger partial charge in [0.05, 0.1) is 6.21 Å². The van der Waals surface area contributed by atoms with Crippen LogP contribution in [0.3, 0.4) is 0 Å². The van der Waals surface area contributed by atoms with Crippen LogP contribution in [0, 0.1) is 0 Å². The molecule has 0 unspecified atom stereocenters. The summed E-state index contributed by atoms with van der Waals surface area (Å²) >= 11 is 0. The second-order valence-corrected chi connectivity index (χ2v) is 3.90. The van der Waals surface area contributed by atoms with Crippen molar-refractivity contribution in [3.05, 3.63) is 60.4 Å². The molecule has 5 heteroatoms. The van der Waals surface area contributed by atoms with Crippen LogP contribution in [0.4, 0.5) is 0 Å². The normalized spacial score (nSPS) is 10.5. The van der Waals surface area contributed by atoms with Crippen molar-refractivity contribution >= 4 is 12.1 Å². The predicted molar refractivity (Wildman–Crippen MR) is 70.5 cm³/mol. The van der Waals surface area contributed by atoms with Gasteiger partial charge in [0.15, 0.2) is 12.4 Å². The third kappa shape index (κ3) is 3.92. The van der Waals surface area contributed by atoms with Crippen LogP contribution in [-0.4, -0.2) is 17.2 Å². The second kappa shape index (κ2) is 6.30. The lowest BCUT2D eigenvalue weighted by Crippen LogP contribution is -2.40. The van der Waals surface area contributed by atoms with E-state index < -0.39 is 0 Å². The molecule has 0 spiro atoms. The molecule has 0 aliphatic carbocycles. The summed E-state index contributed by atoms with van der Waals surface area (Å²) in [5.74, 6) is -0.110. The van der Waals surface area contributed by atoms with Crippen molar-refractivity contribution in [1.82, 2.24) is 5.43 Å². The number of phenolic OH excluding ortho intramolecular Hbond substituents is 1. The number of nitrogens with zero attached hydrogens (tertiary/aromatic N) is 2. The lowest BCUT2D eigenvalue weighted by Gasteiger charge is -1.98. The molecule has 0 bridgehead atoms. The van der Waals surface area contributed by atoms with Crippen molar-refractivity contribution in [2.75, 3.05) is 0 Å². The van der Waals surface area contributed by atoms with E-state index in [0.29, 0.717) is 5.56 Å². The first-order valence-corrected chi connectivity index (χ1v) is 5.80. The predicted octanol–water partition coefficient (Wildman–Crippen LogP) is 0.830. The lowest BCUT2D eigenvalue weighted by atomic mass is 10.2. The van der Waals surface area contributed by atoms with Crippen LogP contribution in [0.5, 0.6) is 5.75 Å². The summed E-state index contributed by atoms with van der Waals surface area (Å²) < 4.78 is 1.74. The van der Waals surface area contributed by atoms with Crippen LogP contribution in [0.1, 0.15) is 5.56 Å². The Kier molecular flexibility index (Phi) is 4.23. The number of benzene rings is 1. The maximum atomic E-state index is 11.6. The number of phenols is 1. The lowest BCUT2D eigenvalue weighted by molar-refractivity contribution is -0.684. The van der Waals surface area contributed by atoms with Crippen molar-refractivity contribution in [3.8, 4) is 5.75 Å². The van der Waals surface area contributed by atoms with E-state index in [-0.39, 0.29) is 18.2 Å². The summed E-state index contributed by atoms with van der Waals surface area (Å²) in [6, 6.07) is 12.3. The van der Waals surface area contributed by atoms with Crippen LogP contribution in [0.2, 0.25) is 0 Å². The zero-order valence-electron chi connectivity index (χ0n) is 10.2. The Bertz CT molecular complexity index is 582. The number of hydrogen-bond donors (Lipinski definition) is 2. The van der Waals surface area contributed by atoms with Crippen molar-refractivity contribution in [1.29, 1.82) is 0 Å². The van der Waals surface area contributed by atoms with Gasteiger partial charge < -0.3 is 5.11 Å². The summed E-state index contributed by atoms with van der Waals surface area (Å²) in [4.78, 5) is 11.6. The third-order valence-electron chi connectivity index (χ3n) is 2.43. The topological polar surface area (TPSA) is 65.6 Å². The number of pyridine rings is 1. The van der Waals surface area contributed by atoms with Crippen molar-refractivity contribution in [3.63, 3.8) is 0 Å². The van der Waals surface area contributed by atoms with E-state index in [1.807, 2.05) is 18.2 Å². The van der Waals surface area contributed by atoms with E-state index in [9.17, 15) is 9.90 Å². The van der Waals surface area contributed by atoms with Crippen molar-refractivity contribution in [2.45, 2.75) is 6.54 Å². The largest absolute Gasteiger partial charge is 0.507 e. The van der Waals surface area contributed by atoms with Crippen molar-refractivity contribution in [2.24, 2.45) is 5.10 Å². The van der Waals surface area contributed by atoms with Gasteiger partial charge >= 0.3 is 5.91 Å². The van der Waals surface area contributed by atoms with Crippen LogP contribution in [0.15, 0.2) is 60.0 Å². The number of carbonyl (C=O) groups excluding carboxylic acids is 1. The summed E-state index contributed by atoms with van der Waals surface area (Å²) in [7, 11) is 0. The van der Waals surface area contributed by atoms with Crippen LogP contribution in [0.25, 0.3) is 0 Å². The molecule has 0 aliphatic heterocycles. The van der Waals surface area contributed by atoms with E-state index in [4.69, 9.17) is 0 Å². The van der Waals surface area contributed by atoms with Gasteiger partial charge in [0.25, 0.3) is 0 Å². The van der Waals surface area contributed by atoms with E-state index >= 15 is 0 Å². The van der Waals surface area contributed by atoms with Gasteiger partial charge in [0.1, 0.15) is 5.75 Å². The molecule has 1 aromatic carbocycles. The summed E-state index contributed by atoms with van der Waals surface area (Å²) in [5.41, 5.74) is 2.96. The Labute approximate surface area is 110 Å². The van der Waals surface area contributed by atoms with E-state index in [1.54, 1.807) is 41.2 Å². The van der Waals surface area contributed by atoms with Gasteiger partial charge in [0, 0.05) is 17.7 Å². The molecular formula is C14H14N3O2+. The highest BCUT2D eigenvalue weighted by atomic mass is 16.3. The maximum Gasteiger partial charge on any atom is 0.305 e. The molecule has 0 saturated heterocycles. The van der Waals surface area contributed by atoms with Gasteiger partial charge in [-0.1, -0.05) is 18.2 Å². The first-order valence-electron chi connectivity index (χ1n) is 5.80. The number of nitrogens with one attached hydrogen (secondary N) is 1. The summed E-state index contributed by atoms with van der Waals surface area (Å²) in [6.45, 7) is 0.193. The number of para-hydroxylation sites is 1. The number of amides is 1. The smallest absolute Gasteiger partial charge is 0.305 e. The average molecular weight is 256 g/mol. The number of rotatable bonds is 4. The molecule has 2 aromatic rings. The first-order chi connectivity index (χ1) is 9.25. The first kappa shape index (κ1) is 12.8. The molecule has 19 heavy (non-hydrogen) atoms. The number of aromatic hydroxyl groups is 1. The Morgan fingerprint density at radius 2 is 1.95 bits per heavy atom. The number of hydrazone groups is 1. The Morgan fingerprint density at radius 1 is 1.21 bits per heavy atom. The zero-order chi connectivity index (χ0) is 13.5. The molecule has 1 aromatic heterocycles. The van der Waals surface area contributed by atoms with E-state index in [2.05, 4.69) is 10.5 Å². The molecule has 2 N–H and O–H groups in total. The zero-order valence-corrected chi connectivity index (χ0v) is 10.2. The van der Waals surface area contributed by atoms with Gasteiger partial charge in [-0.15, -0.1) is 0 Å². The SMILES string of the molecule is O=C(C[n+]1ccccc1)N/N=C/c1ccccc1O. The average Bonchev–Trinajstić information content (AvgIpc) is 2.42. The monoisotopic (exact) mass is 256 g/mol. The fraction of sp³-hybridized carbons (Fsp3) is 0.0714. The van der Waals surface area contributed by atoms with Gasteiger partial charge in [0.2, 0.25) is 6.54 Å². The fourth-order valence-electron chi connectivity index (χ4n) is 1.51. The maximum absolute atomic E-state index is 11.6. The van der Waals surface area contributed by atoms with Crippen LogP contribution in [-0.2, 0) is 11.3 Å². The molecule has 5 nitrogen and oxygen atoms in total. The molecule has 0 fully saturated rings. The summed E-state index contributed by atoms with van der Waals surface area (Å²) in [5, 5.41) is 13.3. The molecule has 0 saturated carbocycles. The highest BCUT2D eigenvalue weighted by Crippen LogP contribution is 2.12. The molecule has 2 rings (SSSR count). The third-order valence-corrected chi connectivity index (χ3v) is 2.43. The quantitative estimate of drug-likeness (QED) is 0.483. The highest BCUT2D eigenvalue weighted by Gasteiger charge is 2.06. The number of hydrogen-bond acceptors (Lipinski definition) is 3. The standard InChI is InChI=1S/C14H13N3O2/c18-13-7-3-2-6-12(13)10-15-16-14(19)11-17-8-4-1-5-9-17/h1-10H,11H2,(H-,15,16,18,19)/p+1. The fourth-order valence-corrected chi connectivity index (χ4v) is 1.51. The van der Waals surface area contributed by atoms with E-state index in [0.717, 1.165) is 0 Å². The van der Waals surface area contributed by atoms with Crippen molar-refractivity contribution < 1.29 is 14.5 Å². The molecule has 0 atom stereocenters. The van der Waals surface area contributed by atoms with E-state index in [1.165, 1.54) is 6.21 Å². The molecular weight excluding hydrogens is 242 g/mol. The Balaban J connectivity index is 1.89. The molecule has 96 valence electrons.